The van der Waals surface area contributed by atoms with Crippen LogP contribution < -0.4 is 0 Å². The second-order valence-electron chi connectivity index (χ2n) is 2.40. The summed E-state index contributed by atoms with van der Waals surface area (Å²) in [4.78, 5) is 0.902. The molecule has 2 atom stereocenters. The fourth-order valence-corrected chi connectivity index (χ4v) is 2.69. The predicted octanol–water partition coefficient (Wildman–Crippen LogP) is 2.12. The van der Waals surface area contributed by atoms with Crippen molar-refractivity contribution < 1.29 is 0 Å². The summed E-state index contributed by atoms with van der Waals surface area (Å²) in [6, 6.07) is 0. The molecule has 0 aliphatic carbocycles. The SMILES string of the molecule is C[C@@H]1C=C[C@H](C)[Se]C1. The van der Waals surface area contributed by atoms with Crippen molar-refractivity contribution in [2.45, 2.75) is 24.0 Å². The second kappa shape index (κ2) is 2.70. The van der Waals surface area contributed by atoms with Crippen molar-refractivity contribution in [3.63, 3.8) is 0 Å². The number of hydrogen-bond acceptors (Lipinski definition) is 0. The van der Waals surface area contributed by atoms with Crippen molar-refractivity contribution in [3.05, 3.63) is 12.2 Å². The van der Waals surface area contributed by atoms with E-state index < -0.39 is 0 Å². The second-order valence-corrected chi connectivity index (χ2v) is 5.36. The van der Waals surface area contributed by atoms with Crippen molar-refractivity contribution >= 4 is 15.0 Å². The Morgan fingerprint density at radius 3 is 2.50 bits per heavy atom. The molecule has 0 amide bonds. The van der Waals surface area contributed by atoms with Crippen molar-refractivity contribution in [3.8, 4) is 0 Å². The zero-order chi connectivity index (χ0) is 5.98. The summed E-state index contributed by atoms with van der Waals surface area (Å²) in [6.07, 6.45) is 4.70. The number of rotatable bonds is 0. The van der Waals surface area contributed by atoms with Crippen molar-refractivity contribution in [1.29, 1.82) is 0 Å². The molecule has 8 heavy (non-hydrogen) atoms. The maximum atomic E-state index is 2.36. The van der Waals surface area contributed by atoms with Crippen LogP contribution in [0.4, 0.5) is 0 Å². The zero-order valence-corrected chi connectivity index (χ0v) is 7.14. The summed E-state index contributed by atoms with van der Waals surface area (Å²) < 4.78 is 0. The average molecular weight is 175 g/mol. The molecule has 1 aliphatic rings. The van der Waals surface area contributed by atoms with E-state index in [1.165, 1.54) is 5.32 Å². The summed E-state index contributed by atoms with van der Waals surface area (Å²) in [5, 5.41) is 1.45. The Bertz CT molecular complexity index is 84.6. The molecule has 0 N–H and O–H groups in total. The molecular formula is C7H12Se. The fourth-order valence-electron chi connectivity index (χ4n) is 0.761. The van der Waals surface area contributed by atoms with Crippen LogP contribution in [0.15, 0.2) is 12.2 Å². The van der Waals surface area contributed by atoms with Crippen LogP contribution >= 0.6 is 0 Å². The van der Waals surface area contributed by atoms with Gasteiger partial charge in [-0.1, -0.05) is 0 Å². The summed E-state index contributed by atoms with van der Waals surface area (Å²) in [6.45, 7) is 4.60. The van der Waals surface area contributed by atoms with Crippen molar-refractivity contribution in [2.75, 3.05) is 0 Å². The third-order valence-corrected chi connectivity index (χ3v) is 4.27. The van der Waals surface area contributed by atoms with Gasteiger partial charge in [-0.15, -0.1) is 0 Å². The number of allylic oxidation sites excluding steroid dienone is 2. The maximum absolute atomic E-state index is 2.36. The van der Waals surface area contributed by atoms with Crippen molar-refractivity contribution in [1.82, 2.24) is 0 Å². The molecule has 0 saturated carbocycles. The number of hydrogen-bond donors (Lipinski definition) is 0. The van der Waals surface area contributed by atoms with Crippen LogP contribution in [0.2, 0.25) is 10.1 Å². The normalized spacial score (nSPS) is 37.8. The Hall–Kier alpha value is 0.259. The van der Waals surface area contributed by atoms with E-state index in [4.69, 9.17) is 0 Å². The molecule has 1 aliphatic heterocycles. The molecule has 0 bridgehead atoms. The summed E-state index contributed by atoms with van der Waals surface area (Å²) >= 11 is 0.897. The van der Waals surface area contributed by atoms with Gasteiger partial charge in [0.15, 0.2) is 0 Å². The van der Waals surface area contributed by atoms with Gasteiger partial charge in [0.05, 0.1) is 0 Å². The first-order chi connectivity index (χ1) is 3.79. The van der Waals surface area contributed by atoms with E-state index in [2.05, 4.69) is 26.0 Å². The van der Waals surface area contributed by atoms with E-state index in [1.54, 1.807) is 0 Å². The molecule has 0 aromatic carbocycles. The van der Waals surface area contributed by atoms with Crippen molar-refractivity contribution in [2.24, 2.45) is 5.92 Å². The first-order valence-corrected chi connectivity index (χ1v) is 5.29. The first-order valence-electron chi connectivity index (χ1n) is 3.09. The standard InChI is InChI=1S/C7H12Se/c1-6-3-4-7(2)8-5-6/h3-4,6-7H,5H2,1-2H3/t6-,7+/m1/s1. The van der Waals surface area contributed by atoms with Crippen LogP contribution in [-0.4, -0.2) is 15.0 Å². The van der Waals surface area contributed by atoms with Crippen LogP contribution in [0.25, 0.3) is 0 Å². The van der Waals surface area contributed by atoms with Crippen LogP contribution in [0.1, 0.15) is 13.8 Å². The van der Waals surface area contributed by atoms with Gasteiger partial charge in [0, 0.05) is 0 Å². The van der Waals surface area contributed by atoms with E-state index in [0.29, 0.717) is 0 Å². The Labute approximate surface area is 57.5 Å². The van der Waals surface area contributed by atoms with E-state index in [-0.39, 0.29) is 0 Å². The predicted molar refractivity (Wildman–Crippen MR) is 38.3 cm³/mol. The molecule has 0 fully saturated rings. The van der Waals surface area contributed by atoms with Crippen LogP contribution in [0.3, 0.4) is 0 Å². The third kappa shape index (κ3) is 1.65. The van der Waals surface area contributed by atoms with Gasteiger partial charge in [-0.05, 0) is 0 Å². The molecule has 0 saturated heterocycles. The van der Waals surface area contributed by atoms with Gasteiger partial charge >= 0.3 is 57.0 Å². The quantitative estimate of drug-likeness (QED) is 0.390. The van der Waals surface area contributed by atoms with Gasteiger partial charge in [-0.3, -0.25) is 0 Å². The monoisotopic (exact) mass is 176 g/mol. The third-order valence-electron chi connectivity index (χ3n) is 1.33. The van der Waals surface area contributed by atoms with Crippen LogP contribution in [0.5, 0.6) is 0 Å². The minimum atomic E-state index is 0.867. The van der Waals surface area contributed by atoms with Gasteiger partial charge in [-0.25, -0.2) is 0 Å². The summed E-state index contributed by atoms with van der Waals surface area (Å²) in [5.74, 6) is 0.867. The Morgan fingerprint density at radius 1 is 1.38 bits per heavy atom. The Balaban J connectivity index is 2.42. The summed E-state index contributed by atoms with van der Waals surface area (Å²) in [5.41, 5.74) is 0. The molecule has 0 spiro atoms. The van der Waals surface area contributed by atoms with Crippen LogP contribution in [-0.2, 0) is 0 Å². The molecule has 1 heterocycles. The first kappa shape index (κ1) is 6.38. The van der Waals surface area contributed by atoms with Crippen LogP contribution in [0, 0.1) is 5.92 Å². The molecule has 0 radical (unpaired) electrons. The van der Waals surface area contributed by atoms with E-state index >= 15 is 0 Å². The zero-order valence-electron chi connectivity index (χ0n) is 5.42. The Kier molecular flexibility index (Phi) is 2.16. The molecule has 0 aromatic rings. The van der Waals surface area contributed by atoms with Gasteiger partial charge in [0.1, 0.15) is 0 Å². The average Bonchev–Trinajstić information content (AvgIpc) is 1.77. The minimum absolute atomic E-state index is 0.867. The van der Waals surface area contributed by atoms with Gasteiger partial charge < -0.3 is 0 Å². The molecule has 0 unspecified atom stereocenters. The van der Waals surface area contributed by atoms with E-state index in [9.17, 15) is 0 Å². The topological polar surface area (TPSA) is 0 Å². The molecule has 46 valence electrons. The Morgan fingerprint density at radius 2 is 2.12 bits per heavy atom. The molecule has 1 heteroatoms. The molecule has 1 rings (SSSR count). The molecule has 0 aromatic heterocycles. The molecule has 0 nitrogen and oxygen atoms in total. The van der Waals surface area contributed by atoms with Gasteiger partial charge in [0.25, 0.3) is 0 Å². The molecular weight excluding hydrogens is 163 g/mol. The van der Waals surface area contributed by atoms with Gasteiger partial charge in [-0.2, -0.15) is 0 Å². The van der Waals surface area contributed by atoms with E-state index in [1.807, 2.05) is 0 Å². The fraction of sp³-hybridized carbons (Fsp3) is 0.714. The van der Waals surface area contributed by atoms with E-state index in [0.717, 1.165) is 25.7 Å². The summed E-state index contributed by atoms with van der Waals surface area (Å²) in [7, 11) is 0. The van der Waals surface area contributed by atoms with Gasteiger partial charge in [0.2, 0.25) is 0 Å².